The van der Waals surface area contributed by atoms with Crippen molar-refractivity contribution in [2.24, 2.45) is 5.73 Å². The number of phosphoric ester groups is 1. The Kier molecular flexibility index (Phi) is 37.9. The molecule has 294 valence electrons. The van der Waals surface area contributed by atoms with Gasteiger partial charge in [-0.1, -0.05) is 172 Å². The Bertz CT molecular complexity index is 864. The lowest BCUT2D eigenvalue weighted by Crippen LogP contribution is -2.23. The van der Waals surface area contributed by atoms with E-state index in [4.69, 9.17) is 10.5 Å². The number of rotatable bonds is 39. The Labute approximate surface area is 307 Å². The van der Waals surface area contributed by atoms with E-state index < -0.39 is 20.5 Å². The van der Waals surface area contributed by atoms with Crippen LogP contribution in [0.1, 0.15) is 187 Å². The molecule has 0 aromatic rings. The zero-order chi connectivity index (χ0) is 36.6. The van der Waals surface area contributed by atoms with E-state index in [9.17, 15) is 19.4 Å². The van der Waals surface area contributed by atoms with Crippen LogP contribution in [0.2, 0.25) is 0 Å². The minimum absolute atomic E-state index is 0.0746. The predicted molar refractivity (Wildman–Crippen MR) is 210 cm³/mol. The van der Waals surface area contributed by atoms with Gasteiger partial charge < -0.3 is 20.5 Å². The van der Waals surface area contributed by atoms with Crippen LogP contribution in [-0.2, 0) is 23.1 Å². The summed E-state index contributed by atoms with van der Waals surface area (Å²) in [7, 11) is -4.25. The Hall–Kier alpha value is -1.28. The zero-order valence-electron chi connectivity index (χ0n) is 32.1. The summed E-state index contributed by atoms with van der Waals surface area (Å²) < 4.78 is 25.7. The molecule has 50 heavy (non-hydrogen) atoms. The van der Waals surface area contributed by atoms with Crippen molar-refractivity contribution in [3.05, 3.63) is 36.5 Å². The highest BCUT2D eigenvalue weighted by atomic mass is 31.2. The molecule has 0 aromatic heterocycles. The molecule has 0 heterocycles. The number of aliphatic hydroxyl groups excluding tert-OH is 1. The summed E-state index contributed by atoms with van der Waals surface area (Å²) >= 11 is 0. The maximum atomic E-state index is 11.8. The van der Waals surface area contributed by atoms with E-state index in [1.165, 1.54) is 141 Å². The van der Waals surface area contributed by atoms with Gasteiger partial charge in [-0.05, 0) is 44.9 Å². The standard InChI is InChI=1S/C41H78NO7P/c1-2-3-4-5-6-7-8-9-10-11-12-13-14-15-16-17-18-19-20-21-22-23-24-25-26-27-28-29-30-31-32-33-34-35-41(44)47-38-40(43)39-49-50(45,46)48-37-36-42/h8-9,11-12,14-15,40,43H,2-7,10,13,16-39,42H2,1H3,(H,45,46)/b9-8-,12-11-,15-14-. The van der Waals surface area contributed by atoms with Crippen molar-refractivity contribution in [1.29, 1.82) is 0 Å². The molecule has 2 atom stereocenters. The number of hydrogen-bond acceptors (Lipinski definition) is 7. The third kappa shape index (κ3) is 39.5. The van der Waals surface area contributed by atoms with Crippen molar-refractivity contribution in [1.82, 2.24) is 0 Å². The van der Waals surface area contributed by atoms with Gasteiger partial charge in [0.15, 0.2) is 0 Å². The van der Waals surface area contributed by atoms with Crippen LogP contribution in [0.25, 0.3) is 0 Å². The van der Waals surface area contributed by atoms with E-state index in [1.54, 1.807) is 0 Å². The number of aliphatic hydroxyl groups is 1. The number of esters is 1. The minimum Gasteiger partial charge on any atom is -0.463 e. The number of carbonyl (C=O) groups is 1. The molecule has 0 saturated carbocycles. The van der Waals surface area contributed by atoms with Crippen LogP contribution in [0, 0.1) is 0 Å². The second kappa shape index (κ2) is 38.9. The van der Waals surface area contributed by atoms with Gasteiger partial charge in [0.2, 0.25) is 0 Å². The molecule has 0 aromatic carbocycles. The van der Waals surface area contributed by atoms with Crippen LogP contribution < -0.4 is 5.73 Å². The van der Waals surface area contributed by atoms with Crippen molar-refractivity contribution in [2.45, 2.75) is 193 Å². The fraction of sp³-hybridized carbons (Fsp3) is 0.829. The molecule has 0 aliphatic carbocycles. The molecule has 0 bridgehead atoms. The van der Waals surface area contributed by atoms with Crippen molar-refractivity contribution >= 4 is 13.8 Å². The van der Waals surface area contributed by atoms with Crippen LogP contribution in [0.15, 0.2) is 36.5 Å². The molecule has 0 fully saturated rings. The minimum atomic E-state index is -4.25. The Morgan fingerprint density at radius 1 is 0.600 bits per heavy atom. The smallest absolute Gasteiger partial charge is 0.463 e. The van der Waals surface area contributed by atoms with Gasteiger partial charge in [-0.25, -0.2) is 4.57 Å². The summed E-state index contributed by atoms with van der Waals surface area (Å²) in [6.07, 6.45) is 47.6. The molecule has 9 heteroatoms. The van der Waals surface area contributed by atoms with Crippen LogP contribution in [0.3, 0.4) is 0 Å². The second-order valence-corrected chi connectivity index (χ2v) is 15.2. The number of hydrogen-bond donors (Lipinski definition) is 3. The molecule has 4 N–H and O–H groups in total. The lowest BCUT2D eigenvalue weighted by Gasteiger charge is -2.15. The summed E-state index contributed by atoms with van der Waals surface area (Å²) in [6.45, 7) is 1.46. The maximum absolute atomic E-state index is 11.8. The summed E-state index contributed by atoms with van der Waals surface area (Å²) in [5, 5.41) is 9.76. The van der Waals surface area contributed by atoms with Crippen LogP contribution in [0.4, 0.5) is 0 Å². The summed E-state index contributed by atoms with van der Waals surface area (Å²) in [4.78, 5) is 21.2. The quantitative estimate of drug-likeness (QED) is 0.0247. The number of carbonyl (C=O) groups excluding carboxylic acids is 1. The van der Waals surface area contributed by atoms with Gasteiger partial charge >= 0.3 is 13.8 Å². The van der Waals surface area contributed by atoms with Crippen LogP contribution in [0.5, 0.6) is 0 Å². The number of unbranched alkanes of at least 4 members (excludes halogenated alkanes) is 23. The maximum Gasteiger partial charge on any atom is 0.472 e. The summed E-state index contributed by atoms with van der Waals surface area (Å²) in [5.41, 5.74) is 5.20. The van der Waals surface area contributed by atoms with Crippen LogP contribution >= 0.6 is 7.82 Å². The number of nitrogens with two attached hydrogens (primary N) is 1. The molecule has 8 nitrogen and oxygen atoms in total. The first-order valence-electron chi connectivity index (χ1n) is 20.5. The van der Waals surface area contributed by atoms with Crippen molar-refractivity contribution in [2.75, 3.05) is 26.4 Å². The molecule has 0 rings (SSSR count). The van der Waals surface area contributed by atoms with Gasteiger partial charge in [-0.15, -0.1) is 0 Å². The fourth-order valence-corrected chi connectivity index (χ4v) is 6.47. The van der Waals surface area contributed by atoms with Gasteiger partial charge in [0.05, 0.1) is 13.2 Å². The SMILES string of the molecule is CCCCCCC/C=C\C/C=C\C/C=C\CCCCCCCCCCCCCCCCCCCCC(=O)OCC(O)COP(=O)(O)OCCN. The van der Waals surface area contributed by atoms with Gasteiger partial charge in [-0.3, -0.25) is 13.8 Å². The van der Waals surface area contributed by atoms with Gasteiger partial charge in [-0.2, -0.15) is 0 Å². The highest BCUT2D eigenvalue weighted by Crippen LogP contribution is 2.42. The monoisotopic (exact) mass is 728 g/mol. The van der Waals surface area contributed by atoms with E-state index >= 15 is 0 Å². The van der Waals surface area contributed by atoms with Gasteiger partial charge in [0.1, 0.15) is 12.7 Å². The fourth-order valence-electron chi connectivity index (χ4n) is 5.70. The van der Waals surface area contributed by atoms with Crippen molar-refractivity contribution in [3.63, 3.8) is 0 Å². The lowest BCUT2D eigenvalue weighted by molar-refractivity contribution is -0.147. The highest BCUT2D eigenvalue weighted by Gasteiger charge is 2.22. The number of phosphoric acid groups is 1. The van der Waals surface area contributed by atoms with E-state index in [0.717, 1.165) is 32.1 Å². The summed E-state index contributed by atoms with van der Waals surface area (Å²) in [6, 6.07) is 0. The number of allylic oxidation sites excluding steroid dienone is 6. The van der Waals surface area contributed by atoms with E-state index in [-0.39, 0.29) is 25.7 Å². The molecule has 0 spiro atoms. The van der Waals surface area contributed by atoms with Crippen molar-refractivity contribution in [3.8, 4) is 0 Å². The van der Waals surface area contributed by atoms with Crippen LogP contribution in [-0.4, -0.2) is 48.4 Å². The normalized spacial score (nSPS) is 13.9. The topological polar surface area (TPSA) is 128 Å². The molecular formula is C41H78NO7P. The highest BCUT2D eigenvalue weighted by molar-refractivity contribution is 7.47. The molecule has 0 radical (unpaired) electrons. The molecule has 0 amide bonds. The van der Waals surface area contributed by atoms with Gasteiger partial charge in [0, 0.05) is 13.0 Å². The van der Waals surface area contributed by atoms with E-state index in [0.29, 0.717) is 6.42 Å². The molecule has 0 aliphatic rings. The number of ether oxygens (including phenoxy) is 1. The lowest BCUT2D eigenvalue weighted by atomic mass is 10.0. The largest absolute Gasteiger partial charge is 0.472 e. The van der Waals surface area contributed by atoms with E-state index in [2.05, 4.69) is 52.4 Å². The first-order valence-corrected chi connectivity index (χ1v) is 22.0. The van der Waals surface area contributed by atoms with Gasteiger partial charge in [0.25, 0.3) is 0 Å². The Balaban J connectivity index is 3.32. The average molecular weight is 728 g/mol. The van der Waals surface area contributed by atoms with E-state index in [1.807, 2.05) is 0 Å². The molecule has 2 unspecified atom stereocenters. The third-order valence-electron chi connectivity index (χ3n) is 8.76. The zero-order valence-corrected chi connectivity index (χ0v) is 33.0. The Morgan fingerprint density at radius 2 is 1.00 bits per heavy atom. The predicted octanol–water partition coefficient (Wildman–Crippen LogP) is 11.6. The van der Waals surface area contributed by atoms with Crippen molar-refractivity contribution < 1.29 is 33.1 Å². The first-order chi connectivity index (χ1) is 24.4. The molecule has 0 aliphatic heterocycles. The average Bonchev–Trinajstić information content (AvgIpc) is 3.11. The summed E-state index contributed by atoms with van der Waals surface area (Å²) in [5.74, 6) is -0.383. The Morgan fingerprint density at radius 3 is 1.44 bits per heavy atom. The molecule has 0 saturated heterocycles. The molecular weight excluding hydrogens is 649 g/mol. The third-order valence-corrected chi connectivity index (χ3v) is 9.74. The second-order valence-electron chi connectivity index (χ2n) is 13.7. The first kappa shape index (κ1) is 48.7.